The number of nitrogens with zero attached hydrogens (tertiary/aromatic N) is 6. The van der Waals surface area contributed by atoms with Crippen LogP contribution in [0.3, 0.4) is 0 Å². The molecule has 0 amide bonds. The predicted octanol–water partition coefficient (Wildman–Crippen LogP) is 2.05. The standard InChI is InChI=1S/C18H19ClN6O2S/c1-11-15(19)4-3-5-16(11)28(26,27)25-13-8-14(25)10-23(9-13)18-7-6-17-21-20-12(2)24(17)22-18/h3-7,13-14H,8-10H2,1-2H3. The van der Waals surface area contributed by atoms with E-state index in [1.165, 1.54) is 0 Å². The molecule has 0 aliphatic carbocycles. The molecule has 0 N–H and O–H groups in total. The number of benzene rings is 1. The van der Waals surface area contributed by atoms with Gasteiger partial charge in [0.2, 0.25) is 10.0 Å². The molecule has 2 atom stereocenters. The fraction of sp³-hybridized carbons (Fsp3) is 0.389. The Morgan fingerprint density at radius 3 is 2.57 bits per heavy atom. The molecule has 1 aromatic carbocycles. The van der Waals surface area contributed by atoms with Gasteiger partial charge in [-0.25, -0.2) is 8.42 Å². The molecule has 3 saturated heterocycles. The van der Waals surface area contributed by atoms with E-state index >= 15 is 0 Å². The Labute approximate surface area is 167 Å². The van der Waals surface area contributed by atoms with E-state index in [0.717, 1.165) is 18.1 Å². The first-order chi connectivity index (χ1) is 13.4. The van der Waals surface area contributed by atoms with Gasteiger partial charge in [-0.05, 0) is 50.1 Å². The van der Waals surface area contributed by atoms with Gasteiger partial charge in [-0.1, -0.05) is 17.7 Å². The molecule has 146 valence electrons. The SMILES string of the molecule is Cc1c(Cl)cccc1S(=O)(=O)N1C2CC1CN(c1ccc3nnc(C)n3n1)C2. The fourth-order valence-corrected chi connectivity index (χ4v) is 6.49. The number of piperazine rings is 1. The van der Waals surface area contributed by atoms with Gasteiger partial charge in [0, 0.05) is 30.2 Å². The van der Waals surface area contributed by atoms with Crippen molar-refractivity contribution in [1.29, 1.82) is 0 Å². The minimum atomic E-state index is -3.58. The number of fused-ring (bicyclic) bond motifs is 3. The number of anilines is 1. The topological polar surface area (TPSA) is 83.7 Å². The maximum atomic E-state index is 13.2. The van der Waals surface area contributed by atoms with Crippen molar-refractivity contribution in [3.8, 4) is 0 Å². The highest BCUT2D eigenvalue weighted by Crippen LogP contribution is 2.39. The van der Waals surface area contributed by atoms with Crippen LogP contribution in [-0.2, 0) is 10.0 Å². The molecule has 10 heteroatoms. The van der Waals surface area contributed by atoms with Crippen LogP contribution in [-0.4, -0.2) is 57.7 Å². The lowest BCUT2D eigenvalue weighted by Crippen LogP contribution is -2.70. The first kappa shape index (κ1) is 17.8. The lowest BCUT2D eigenvalue weighted by Gasteiger charge is -2.55. The molecule has 2 aromatic heterocycles. The van der Waals surface area contributed by atoms with Gasteiger partial charge >= 0.3 is 0 Å². The minimum Gasteiger partial charge on any atom is -0.352 e. The van der Waals surface area contributed by atoms with Crippen LogP contribution in [0.4, 0.5) is 5.82 Å². The molecule has 0 spiro atoms. The Balaban J connectivity index is 1.42. The highest BCUT2D eigenvalue weighted by molar-refractivity contribution is 7.89. The van der Waals surface area contributed by atoms with Crippen molar-refractivity contribution in [3.63, 3.8) is 0 Å². The van der Waals surface area contributed by atoms with Crippen molar-refractivity contribution in [3.05, 3.63) is 46.7 Å². The average molecular weight is 419 g/mol. The summed E-state index contributed by atoms with van der Waals surface area (Å²) in [6.45, 7) is 4.81. The molecule has 0 saturated carbocycles. The summed E-state index contributed by atoms with van der Waals surface area (Å²) in [5, 5.41) is 13.2. The minimum absolute atomic E-state index is 0.0679. The number of halogens is 1. The first-order valence-corrected chi connectivity index (χ1v) is 10.9. The lowest BCUT2D eigenvalue weighted by atomic mass is 9.91. The Kier molecular flexibility index (Phi) is 3.91. The van der Waals surface area contributed by atoms with Gasteiger partial charge in [-0.3, -0.25) is 0 Å². The van der Waals surface area contributed by atoms with E-state index in [2.05, 4.69) is 20.2 Å². The maximum absolute atomic E-state index is 13.2. The fourth-order valence-electron chi connectivity index (χ4n) is 4.19. The Morgan fingerprint density at radius 1 is 1.07 bits per heavy atom. The van der Waals surface area contributed by atoms with E-state index in [1.807, 2.05) is 19.1 Å². The zero-order chi connectivity index (χ0) is 19.6. The number of hydrogen-bond acceptors (Lipinski definition) is 6. The third-order valence-electron chi connectivity index (χ3n) is 5.63. The largest absolute Gasteiger partial charge is 0.352 e. The highest BCUT2D eigenvalue weighted by atomic mass is 35.5. The van der Waals surface area contributed by atoms with E-state index in [1.54, 1.807) is 33.9 Å². The van der Waals surface area contributed by atoms with Crippen LogP contribution >= 0.6 is 11.6 Å². The van der Waals surface area contributed by atoms with Crippen molar-refractivity contribution < 1.29 is 8.42 Å². The second-order valence-corrected chi connectivity index (χ2v) is 9.57. The number of hydrogen-bond donors (Lipinski definition) is 0. The molecule has 3 fully saturated rings. The second-order valence-electron chi connectivity index (χ2n) is 7.36. The molecule has 28 heavy (non-hydrogen) atoms. The van der Waals surface area contributed by atoms with E-state index in [9.17, 15) is 8.42 Å². The van der Waals surface area contributed by atoms with Crippen LogP contribution in [0.25, 0.3) is 5.65 Å². The maximum Gasteiger partial charge on any atom is 0.244 e. The summed E-state index contributed by atoms with van der Waals surface area (Å²) in [5.74, 6) is 1.53. The third kappa shape index (κ3) is 2.53. The molecular weight excluding hydrogens is 400 g/mol. The Morgan fingerprint density at radius 2 is 1.82 bits per heavy atom. The molecule has 3 aromatic rings. The predicted molar refractivity (Wildman–Crippen MR) is 105 cm³/mol. The molecule has 2 unspecified atom stereocenters. The van der Waals surface area contributed by atoms with Crippen LogP contribution in [0, 0.1) is 13.8 Å². The van der Waals surface area contributed by atoms with E-state index < -0.39 is 10.0 Å². The average Bonchev–Trinajstić information content (AvgIpc) is 3.04. The zero-order valence-corrected chi connectivity index (χ0v) is 17.0. The molecular formula is C18H19ClN6O2S. The Hall–Kier alpha value is -2.23. The Bertz CT molecular complexity index is 1180. The summed E-state index contributed by atoms with van der Waals surface area (Å²) in [4.78, 5) is 2.43. The van der Waals surface area contributed by atoms with E-state index in [4.69, 9.17) is 11.6 Å². The molecule has 8 nitrogen and oxygen atoms in total. The van der Waals surface area contributed by atoms with Gasteiger partial charge in [0.05, 0.1) is 4.90 Å². The quantitative estimate of drug-likeness (QED) is 0.647. The lowest BCUT2D eigenvalue weighted by molar-refractivity contribution is 0.0873. The number of piperidine rings is 1. The first-order valence-electron chi connectivity index (χ1n) is 9.09. The number of aromatic nitrogens is 4. The molecule has 3 aliphatic heterocycles. The normalized spacial score (nSPS) is 22.5. The third-order valence-corrected chi connectivity index (χ3v) is 8.19. The van der Waals surface area contributed by atoms with Crippen LogP contribution in [0.15, 0.2) is 35.2 Å². The summed E-state index contributed by atoms with van der Waals surface area (Å²) < 4.78 is 29.8. The number of sulfonamides is 1. The van der Waals surface area contributed by atoms with Crippen molar-refractivity contribution in [1.82, 2.24) is 24.1 Å². The van der Waals surface area contributed by atoms with Crippen molar-refractivity contribution >= 4 is 33.1 Å². The number of rotatable bonds is 3. The van der Waals surface area contributed by atoms with Gasteiger partial charge in [0.25, 0.3) is 0 Å². The summed E-state index contributed by atoms with van der Waals surface area (Å²) in [6, 6.07) is 8.68. The molecule has 6 rings (SSSR count). The van der Waals surface area contributed by atoms with Crippen LogP contribution < -0.4 is 4.90 Å². The van der Waals surface area contributed by atoms with Gasteiger partial charge in [0.15, 0.2) is 11.5 Å². The summed E-state index contributed by atoms with van der Waals surface area (Å²) in [7, 11) is -3.58. The van der Waals surface area contributed by atoms with Gasteiger partial charge in [0.1, 0.15) is 5.82 Å². The molecule has 0 radical (unpaired) electrons. The smallest absolute Gasteiger partial charge is 0.244 e. The summed E-state index contributed by atoms with van der Waals surface area (Å²) in [5.41, 5.74) is 1.30. The van der Waals surface area contributed by atoms with E-state index in [0.29, 0.717) is 34.2 Å². The van der Waals surface area contributed by atoms with E-state index in [-0.39, 0.29) is 12.1 Å². The van der Waals surface area contributed by atoms with Crippen molar-refractivity contribution in [2.45, 2.75) is 37.2 Å². The van der Waals surface area contributed by atoms with Crippen LogP contribution in [0.2, 0.25) is 5.02 Å². The van der Waals surface area contributed by atoms with Gasteiger partial charge in [-0.15, -0.1) is 15.3 Å². The molecule has 2 bridgehead atoms. The summed E-state index contributed by atoms with van der Waals surface area (Å²) in [6.07, 6.45) is 0.864. The molecule has 5 heterocycles. The monoisotopic (exact) mass is 418 g/mol. The zero-order valence-electron chi connectivity index (χ0n) is 15.4. The molecule has 3 aliphatic rings. The van der Waals surface area contributed by atoms with Crippen molar-refractivity contribution in [2.24, 2.45) is 0 Å². The highest BCUT2D eigenvalue weighted by Gasteiger charge is 2.51. The summed E-state index contributed by atoms with van der Waals surface area (Å²) >= 11 is 6.15. The van der Waals surface area contributed by atoms with Gasteiger partial charge < -0.3 is 4.90 Å². The van der Waals surface area contributed by atoms with Crippen LogP contribution in [0.5, 0.6) is 0 Å². The van der Waals surface area contributed by atoms with Crippen molar-refractivity contribution in [2.75, 3.05) is 18.0 Å². The van der Waals surface area contributed by atoms with Gasteiger partial charge in [-0.2, -0.15) is 8.82 Å². The number of aryl methyl sites for hydroxylation is 1. The van der Waals surface area contributed by atoms with Crippen LogP contribution in [0.1, 0.15) is 17.8 Å². The second kappa shape index (κ2) is 6.13.